The lowest BCUT2D eigenvalue weighted by Gasteiger charge is -2.22. The van der Waals surface area contributed by atoms with Gasteiger partial charge in [0.25, 0.3) is 5.91 Å². The minimum absolute atomic E-state index is 0.120. The quantitative estimate of drug-likeness (QED) is 0.785. The first-order valence-corrected chi connectivity index (χ1v) is 8.97. The summed E-state index contributed by atoms with van der Waals surface area (Å²) in [4.78, 5) is 12.2. The second kappa shape index (κ2) is 8.56. The molecule has 1 aliphatic rings. The Bertz CT molecular complexity index is 700. The molecule has 0 aliphatic heterocycles. The predicted octanol–water partition coefficient (Wildman–Crippen LogP) is 3.53. The molecule has 1 unspecified atom stereocenters. The maximum Gasteiger partial charge on any atom is 0.260 e. The molecular weight excluding hydrogens is 314 g/mol. The summed E-state index contributed by atoms with van der Waals surface area (Å²) in [7, 11) is 0. The Morgan fingerprint density at radius 1 is 1.08 bits per heavy atom. The van der Waals surface area contributed by atoms with Crippen molar-refractivity contribution in [2.45, 2.75) is 38.7 Å². The van der Waals surface area contributed by atoms with E-state index in [2.05, 4.69) is 11.4 Å². The van der Waals surface area contributed by atoms with Crippen LogP contribution in [0.25, 0.3) is 0 Å². The summed E-state index contributed by atoms with van der Waals surface area (Å²) in [5, 5.41) is 2.86. The molecule has 0 saturated carbocycles. The molecule has 1 amide bonds. The number of ether oxygens (including phenoxy) is 2. The highest BCUT2D eigenvalue weighted by Gasteiger charge is 2.19. The van der Waals surface area contributed by atoms with E-state index >= 15 is 0 Å². The Hall–Kier alpha value is -2.49. The van der Waals surface area contributed by atoms with Gasteiger partial charge in [0, 0.05) is 0 Å². The maximum atomic E-state index is 12.2. The van der Waals surface area contributed by atoms with Crippen LogP contribution in [0.3, 0.4) is 0 Å². The van der Waals surface area contributed by atoms with Gasteiger partial charge in [-0.25, -0.2) is 0 Å². The van der Waals surface area contributed by atoms with Crippen molar-refractivity contribution < 1.29 is 14.3 Å². The van der Waals surface area contributed by atoms with Crippen LogP contribution in [0, 0.1) is 0 Å². The van der Waals surface area contributed by atoms with Crippen molar-refractivity contribution in [1.82, 2.24) is 5.32 Å². The summed E-state index contributed by atoms with van der Waals surface area (Å²) in [5.74, 6) is 1.53. The number of rotatable bonds is 7. The van der Waals surface area contributed by atoms with Gasteiger partial charge in [-0.1, -0.05) is 30.3 Å². The van der Waals surface area contributed by atoms with Gasteiger partial charge in [-0.15, -0.1) is 0 Å². The van der Waals surface area contributed by atoms with Gasteiger partial charge < -0.3 is 14.8 Å². The third kappa shape index (κ3) is 4.75. The van der Waals surface area contributed by atoms with Crippen LogP contribution in [0.15, 0.2) is 48.5 Å². The monoisotopic (exact) mass is 339 g/mol. The van der Waals surface area contributed by atoms with E-state index in [0.29, 0.717) is 13.2 Å². The Labute approximate surface area is 149 Å². The molecule has 132 valence electrons. The molecule has 4 heteroatoms. The van der Waals surface area contributed by atoms with E-state index in [4.69, 9.17) is 9.47 Å². The molecule has 0 bridgehead atoms. The van der Waals surface area contributed by atoms with Gasteiger partial charge in [0.2, 0.25) is 0 Å². The molecule has 1 atom stereocenters. The minimum Gasteiger partial charge on any atom is -0.492 e. The first-order valence-electron chi connectivity index (χ1n) is 8.97. The van der Waals surface area contributed by atoms with Crippen molar-refractivity contribution in [2.75, 3.05) is 13.2 Å². The van der Waals surface area contributed by atoms with Gasteiger partial charge >= 0.3 is 0 Å². The van der Waals surface area contributed by atoms with Gasteiger partial charge in [-0.2, -0.15) is 0 Å². The number of para-hydroxylation sites is 1. The molecule has 0 saturated heterocycles. The fraction of sp³-hybridized carbons (Fsp3) is 0.381. The van der Waals surface area contributed by atoms with Crippen molar-refractivity contribution >= 4 is 5.91 Å². The number of nitrogens with one attached hydrogen (secondary N) is 1. The number of carbonyl (C=O) groups is 1. The lowest BCUT2D eigenvalue weighted by molar-refractivity contribution is -0.127. The first-order chi connectivity index (χ1) is 12.2. The van der Waals surface area contributed by atoms with E-state index in [-0.39, 0.29) is 5.91 Å². The van der Waals surface area contributed by atoms with Gasteiger partial charge in [0.1, 0.15) is 18.1 Å². The third-order valence-corrected chi connectivity index (χ3v) is 4.44. The summed E-state index contributed by atoms with van der Waals surface area (Å²) in [6.45, 7) is 2.67. The molecular formula is C21H25NO3. The highest BCUT2D eigenvalue weighted by molar-refractivity contribution is 5.80. The van der Waals surface area contributed by atoms with Gasteiger partial charge in [0.15, 0.2) is 6.10 Å². The Balaban J connectivity index is 1.46. The molecule has 2 aromatic rings. The predicted molar refractivity (Wildman–Crippen MR) is 98.1 cm³/mol. The number of hydrogen-bond acceptors (Lipinski definition) is 3. The molecule has 2 aromatic carbocycles. The summed E-state index contributed by atoms with van der Waals surface area (Å²) >= 11 is 0. The average Bonchev–Trinajstić information content (AvgIpc) is 2.66. The highest BCUT2D eigenvalue weighted by Crippen LogP contribution is 2.30. The molecule has 1 aliphatic carbocycles. The molecule has 25 heavy (non-hydrogen) atoms. The van der Waals surface area contributed by atoms with Crippen LogP contribution in [-0.2, 0) is 17.6 Å². The second-order valence-corrected chi connectivity index (χ2v) is 6.31. The number of fused-ring (bicyclic) bond motifs is 1. The molecule has 0 heterocycles. The normalized spacial score (nSPS) is 14.3. The zero-order chi connectivity index (χ0) is 17.5. The largest absolute Gasteiger partial charge is 0.492 e. The molecule has 1 N–H and O–H groups in total. The molecule has 0 aromatic heterocycles. The lowest BCUT2D eigenvalue weighted by atomic mass is 9.91. The van der Waals surface area contributed by atoms with Gasteiger partial charge in [-0.3, -0.25) is 4.79 Å². The third-order valence-electron chi connectivity index (χ3n) is 4.44. The van der Waals surface area contributed by atoms with E-state index in [1.54, 1.807) is 6.92 Å². The first kappa shape index (κ1) is 17.3. The van der Waals surface area contributed by atoms with Crippen LogP contribution in [0.2, 0.25) is 0 Å². The zero-order valence-electron chi connectivity index (χ0n) is 14.7. The topological polar surface area (TPSA) is 47.6 Å². The number of carbonyl (C=O) groups excluding carboxylic acids is 1. The molecule has 0 radical (unpaired) electrons. The highest BCUT2D eigenvalue weighted by atomic mass is 16.5. The fourth-order valence-corrected chi connectivity index (χ4v) is 3.10. The van der Waals surface area contributed by atoms with E-state index in [1.807, 2.05) is 42.5 Å². The van der Waals surface area contributed by atoms with Crippen molar-refractivity contribution in [2.24, 2.45) is 0 Å². The maximum absolute atomic E-state index is 12.2. The van der Waals surface area contributed by atoms with Crippen LogP contribution in [-0.4, -0.2) is 25.2 Å². The Kier molecular flexibility index (Phi) is 5.94. The molecule has 0 fully saturated rings. The van der Waals surface area contributed by atoms with Crippen molar-refractivity contribution in [3.05, 3.63) is 59.7 Å². The fourth-order valence-electron chi connectivity index (χ4n) is 3.10. The van der Waals surface area contributed by atoms with Gasteiger partial charge in [-0.05, 0) is 61.9 Å². The van der Waals surface area contributed by atoms with Crippen molar-refractivity contribution in [1.29, 1.82) is 0 Å². The molecule has 3 rings (SSSR count). The number of amides is 1. The average molecular weight is 339 g/mol. The summed E-state index contributed by atoms with van der Waals surface area (Å²) in [5.41, 5.74) is 2.62. The van der Waals surface area contributed by atoms with E-state index in [0.717, 1.165) is 24.3 Å². The molecule has 0 spiro atoms. The van der Waals surface area contributed by atoms with Crippen LogP contribution in [0.5, 0.6) is 11.5 Å². The smallest absolute Gasteiger partial charge is 0.260 e. The summed E-state index contributed by atoms with van der Waals surface area (Å²) in [6.07, 6.45) is 4.03. The van der Waals surface area contributed by atoms with Crippen LogP contribution in [0.4, 0.5) is 0 Å². The zero-order valence-corrected chi connectivity index (χ0v) is 14.7. The SMILES string of the molecule is CC(Oc1cccc2c1CCCC2)C(=O)NCCOc1ccccc1. The van der Waals surface area contributed by atoms with Crippen molar-refractivity contribution in [3.8, 4) is 11.5 Å². The van der Waals surface area contributed by atoms with E-state index in [9.17, 15) is 4.79 Å². The Morgan fingerprint density at radius 3 is 2.72 bits per heavy atom. The lowest BCUT2D eigenvalue weighted by Crippen LogP contribution is -2.38. The molecule has 4 nitrogen and oxygen atoms in total. The minimum atomic E-state index is -0.523. The van der Waals surface area contributed by atoms with Crippen LogP contribution in [0.1, 0.15) is 30.9 Å². The standard InChI is InChI=1S/C21H25NO3/c1-16(21(23)22-14-15-24-18-10-3-2-4-11-18)25-20-13-7-9-17-8-5-6-12-19(17)20/h2-4,7,9-11,13,16H,5-6,8,12,14-15H2,1H3,(H,22,23). The number of benzene rings is 2. The van der Waals surface area contributed by atoms with Crippen LogP contribution < -0.4 is 14.8 Å². The number of aryl methyl sites for hydroxylation is 1. The Morgan fingerprint density at radius 2 is 1.88 bits per heavy atom. The van der Waals surface area contributed by atoms with Crippen molar-refractivity contribution in [3.63, 3.8) is 0 Å². The van der Waals surface area contributed by atoms with E-state index < -0.39 is 6.10 Å². The second-order valence-electron chi connectivity index (χ2n) is 6.31. The number of hydrogen-bond donors (Lipinski definition) is 1. The van der Waals surface area contributed by atoms with Crippen LogP contribution >= 0.6 is 0 Å². The summed E-state index contributed by atoms with van der Waals surface area (Å²) in [6, 6.07) is 15.7. The van der Waals surface area contributed by atoms with E-state index in [1.165, 1.54) is 24.0 Å². The van der Waals surface area contributed by atoms with Gasteiger partial charge in [0.05, 0.1) is 6.54 Å². The summed E-state index contributed by atoms with van der Waals surface area (Å²) < 4.78 is 11.5.